The number of carboxylic acid groups (broad SMARTS) is 1. The van der Waals surface area contributed by atoms with Crippen LogP contribution in [0.3, 0.4) is 0 Å². The van der Waals surface area contributed by atoms with E-state index in [1.807, 2.05) is 0 Å². The summed E-state index contributed by atoms with van der Waals surface area (Å²) in [6.07, 6.45) is 4.14. The van der Waals surface area contributed by atoms with Crippen LogP contribution in [0.25, 0.3) is 0 Å². The Bertz CT molecular complexity index is 376. The molecule has 2 aliphatic rings. The molecule has 0 aliphatic carbocycles. The monoisotopic (exact) mass is 298 g/mol. The highest BCUT2D eigenvalue weighted by Crippen LogP contribution is 2.19. The standard InChI is InChI=1S/C13H23BN2O5/c17-12(7-9-3-1-2-6-15-9)16-11-5-4-10(8-13(18)19)21-14(11)20/h9-11,15,20H,1-8H2,(H,16,17)(H,18,19). The minimum Gasteiger partial charge on any atom is -0.481 e. The van der Waals surface area contributed by atoms with Gasteiger partial charge in [-0.05, 0) is 32.2 Å². The lowest BCUT2D eigenvalue weighted by atomic mass is 9.72. The lowest BCUT2D eigenvalue weighted by molar-refractivity contribution is -0.139. The van der Waals surface area contributed by atoms with Crippen molar-refractivity contribution in [3.63, 3.8) is 0 Å². The van der Waals surface area contributed by atoms with Gasteiger partial charge in [0.15, 0.2) is 0 Å². The fourth-order valence-corrected chi connectivity index (χ4v) is 2.94. The van der Waals surface area contributed by atoms with Gasteiger partial charge in [-0.2, -0.15) is 0 Å². The van der Waals surface area contributed by atoms with Crippen LogP contribution >= 0.6 is 0 Å². The third-order valence-corrected chi connectivity index (χ3v) is 4.07. The first kappa shape index (κ1) is 16.3. The molecule has 0 aromatic heterocycles. The van der Waals surface area contributed by atoms with Gasteiger partial charge >= 0.3 is 13.1 Å². The average molecular weight is 298 g/mol. The molecular weight excluding hydrogens is 275 g/mol. The number of aliphatic carboxylic acids is 1. The van der Waals surface area contributed by atoms with Gasteiger partial charge < -0.3 is 25.4 Å². The summed E-state index contributed by atoms with van der Waals surface area (Å²) in [7, 11) is -1.13. The molecule has 1 amide bonds. The summed E-state index contributed by atoms with van der Waals surface area (Å²) in [5.41, 5.74) is 0. The highest BCUT2D eigenvalue weighted by atomic mass is 16.5. The van der Waals surface area contributed by atoms with E-state index in [2.05, 4.69) is 10.6 Å². The van der Waals surface area contributed by atoms with E-state index in [4.69, 9.17) is 9.76 Å². The number of piperidine rings is 1. The molecule has 21 heavy (non-hydrogen) atoms. The number of carboxylic acids is 1. The van der Waals surface area contributed by atoms with Crippen LogP contribution in [0.5, 0.6) is 0 Å². The van der Waals surface area contributed by atoms with Crippen LogP contribution in [0.4, 0.5) is 0 Å². The van der Waals surface area contributed by atoms with Gasteiger partial charge in [-0.1, -0.05) is 6.42 Å². The molecule has 2 rings (SSSR count). The van der Waals surface area contributed by atoms with E-state index in [1.54, 1.807) is 0 Å². The van der Waals surface area contributed by atoms with E-state index in [0.29, 0.717) is 19.3 Å². The van der Waals surface area contributed by atoms with Gasteiger partial charge in [0.25, 0.3) is 0 Å². The zero-order valence-corrected chi connectivity index (χ0v) is 12.1. The number of carbonyl (C=O) groups is 2. The third-order valence-electron chi connectivity index (χ3n) is 4.07. The normalized spacial score (nSPS) is 30.0. The van der Waals surface area contributed by atoms with Gasteiger partial charge in [0, 0.05) is 12.5 Å². The van der Waals surface area contributed by atoms with E-state index in [9.17, 15) is 14.6 Å². The third kappa shape index (κ3) is 5.30. The minimum absolute atomic E-state index is 0.0984. The SMILES string of the molecule is O=C(O)CC1CCC(NC(=O)CC2CCCCN2)B(O)O1. The van der Waals surface area contributed by atoms with Crippen molar-refractivity contribution in [3.05, 3.63) is 0 Å². The molecule has 2 aliphatic heterocycles. The molecule has 3 unspecified atom stereocenters. The van der Waals surface area contributed by atoms with Crippen molar-refractivity contribution in [1.82, 2.24) is 10.6 Å². The smallest absolute Gasteiger partial charge is 0.478 e. The molecule has 0 spiro atoms. The Morgan fingerprint density at radius 2 is 2.05 bits per heavy atom. The first-order chi connectivity index (χ1) is 10.0. The number of hydrogen-bond donors (Lipinski definition) is 4. The lowest BCUT2D eigenvalue weighted by Crippen LogP contribution is -2.53. The highest BCUT2D eigenvalue weighted by molar-refractivity contribution is 6.45. The average Bonchev–Trinajstić information content (AvgIpc) is 2.42. The molecule has 7 nitrogen and oxygen atoms in total. The van der Waals surface area contributed by atoms with Gasteiger partial charge in [-0.15, -0.1) is 0 Å². The Morgan fingerprint density at radius 1 is 1.24 bits per heavy atom. The van der Waals surface area contributed by atoms with Crippen molar-refractivity contribution in [3.8, 4) is 0 Å². The predicted octanol–water partition coefficient (Wildman–Crippen LogP) is -0.323. The van der Waals surface area contributed by atoms with Crippen molar-refractivity contribution in [1.29, 1.82) is 0 Å². The molecule has 0 aromatic rings. The Labute approximate surface area is 124 Å². The van der Waals surface area contributed by atoms with E-state index < -0.39 is 25.1 Å². The Morgan fingerprint density at radius 3 is 2.67 bits per heavy atom. The molecule has 3 atom stereocenters. The van der Waals surface area contributed by atoms with E-state index in [1.165, 1.54) is 0 Å². The summed E-state index contributed by atoms with van der Waals surface area (Å²) in [5, 5.41) is 24.7. The van der Waals surface area contributed by atoms with Crippen LogP contribution in [0.15, 0.2) is 0 Å². The van der Waals surface area contributed by atoms with Crippen LogP contribution < -0.4 is 10.6 Å². The van der Waals surface area contributed by atoms with E-state index in [0.717, 1.165) is 25.8 Å². The van der Waals surface area contributed by atoms with Crippen LogP contribution in [-0.2, 0) is 14.2 Å². The second-order valence-electron chi connectivity index (χ2n) is 5.85. The molecule has 118 valence electrons. The Balaban J connectivity index is 1.72. The van der Waals surface area contributed by atoms with Crippen molar-refractivity contribution in [2.45, 2.75) is 63.0 Å². The van der Waals surface area contributed by atoms with Crippen LogP contribution in [0, 0.1) is 0 Å². The van der Waals surface area contributed by atoms with Crippen molar-refractivity contribution < 1.29 is 24.4 Å². The number of rotatable bonds is 5. The molecule has 2 heterocycles. The van der Waals surface area contributed by atoms with Crippen LogP contribution in [0.2, 0.25) is 0 Å². The molecule has 4 N–H and O–H groups in total. The summed E-state index contributed by atoms with van der Waals surface area (Å²) in [6.45, 7) is 0.948. The number of hydrogen-bond acceptors (Lipinski definition) is 5. The second kappa shape index (κ2) is 7.77. The number of amides is 1. The topological polar surface area (TPSA) is 108 Å². The van der Waals surface area contributed by atoms with Crippen LogP contribution in [0.1, 0.15) is 44.9 Å². The van der Waals surface area contributed by atoms with Crippen LogP contribution in [-0.4, -0.2) is 53.8 Å². The summed E-state index contributed by atoms with van der Waals surface area (Å²) in [4.78, 5) is 22.6. The molecule has 8 heteroatoms. The minimum atomic E-state index is -1.13. The van der Waals surface area contributed by atoms with Crippen molar-refractivity contribution in [2.75, 3.05) is 6.54 Å². The second-order valence-corrected chi connectivity index (χ2v) is 5.85. The number of carbonyl (C=O) groups excluding carboxylic acids is 1. The first-order valence-corrected chi connectivity index (χ1v) is 7.62. The molecule has 0 saturated carbocycles. The molecule has 2 saturated heterocycles. The summed E-state index contributed by atoms with van der Waals surface area (Å²) >= 11 is 0. The maximum Gasteiger partial charge on any atom is 0.478 e. The predicted molar refractivity (Wildman–Crippen MR) is 76.5 cm³/mol. The quantitative estimate of drug-likeness (QED) is 0.518. The summed E-state index contributed by atoms with van der Waals surface area (Å²) in [6, 6.07) is 0.208. The van der Waals surface area contributed by atoms with Gasteiger partial charge in [-0.25, -0.2) is 0 Å². The van der Waals surface area contributed by atoms with E-state index in [-0.39, 0.29) is 18.4 Å². The molecule has 0 bridgehead atoms. The molecular formula is C13H23BN2O5. The largest absolute Gasteiger partial charge is 0.481 e. The first-order valence-electron chi connectivity index (χ1n) is 7.62. The van der Waals surface area contributed by atoms with Gasteiger partial charge in [0.2, 0.25) is 5.91 Å². The van der Waals surface area contributed by atoms with Gasteiger partial charge in [-0.3, -0.25) is 9.59 Å². The Hall–Kier alpha value is -1.12. The fraction of sp³-hybridized carbons (Fsp3) is 0.846. The zero-order valence-electron chi connectivity index (χ0n) is 12.1. The lowest BCUT2D eigenvalue weighted by Gasteiger charge is -2.31. The summed E-state index contributed by atoms with van der Waals surface area (Å²) in [5.74, 6) is -1.50. The highest BCUT2D eigenvalue weighted by Gasteiger charge is 2.36. The zero-order chi connectivity index (χ0) is 15.2. The maximum atomic E-state index is 12.0. The number of nitrogens with one attached hydrogen (secondary N) is 2. The van der Waals surface area contributed by atoms with Crippen molar-refractivity contribution >= 4 is 19.0 Å². The Kier molecular flexibility index (Phi) is 6.01. The molecule has 2 fully saturated rings. The molecule has 0 aromatic carbocycles. The van der Waals surface area contributed by atoms with Gasteiger partial charge in [0.05, 0.1) is 18.5 Å². The molecule has 0 radical (unpaired) electrons. The maximum absolute atomic E-state index is 12.0. The van der Waals surface area contributed by atoms with E-state index >= 15 is 0 Å². The van der Waals surface area contributed by atoms with Crippen molar-refractivity contribution in [2.24, 2.45) is 0 Å². The fourth-order valence-electron chi connectivity index (χ4n) is 2.94. The van der Waals surface area contributed by atoms with Gasteiger partial charge in [0.1, 0.15) is 0 Å². The summed E-state index contributed by atoms with van der Waals surface area (Å²) < 4.78 is 5.24.